The molecule has 0 aliphatic carbocycles. The van der Waals surface area contributed by atoms with E-state index in [9.17, 15) is 9.59 Å². The lowest BCUT2D eigenvalue weighted by atomic mass is 10.0. The molecule has 29 heavy (non-hydrogen) atoms. The van der Waals surface area contributed by atoms with Crippen LogP contribution in [0.15, 0.2) is 46.7 Å². The van der Waals surface area contributed by atoms with Crippen LogP contribution in [0.1, 0.15) is 40.7 Å². The number of hydrogen-bond donors (Lipinski definition) is 0. The Morgan fingerprint density at radius 3 is 2.76 bits per heavy atom. The van der Waals surface area contributed by atoms with Crippen molar-refractivity contribution >= 4 is 38.7 Å². The van der Waals surface area contributed by atoms with Crippen molar-refractivity contribution in [2.45, 2.75) is 26.5 Å². The van der Waals surface area contributed by atoms with E-state index < -0.39 is 0 Å². The van der Waals surface area contributed by atoms with Gasteiger partial charge in [0.25, 0.3) is 0 Å². The molecule has 3 aromatic heterocycles. The van der Waals surface area contributed by atoms with E-state index in [1.807, 2.05) is 23.6 Å². The normalized spacial score (nSPS) is 12.4. The van der Waals surface area contributed by atoms with E-state index in [-0.39, 0.29) is 23.3 Å². The van der Waals surface area contributed by atoms with E-state index in [1.54, 1.807) is 35.3 Å². The topological polar surface area (TPSA) is 74.1 Å². The minimum absolute atomic E-state index is 0.00587. The van der Waals surface area contributed by atoms with Crippen molar-refractivity contribution in [1.29, 1.82) is 0 Å². The number of ether oxygens (including phenoxy) is 1. The summed E-state index contributed by atoms with van der Waals surface area (Å²) in [5, 5.41) is 2.95. The molecule has 0 amide bonds. The van der Waals surface area contributed by atoms with Crippen LogP contribution in [0, 0.1) is 0 Å². The van der Waals surface area contributed by atoms with Gasteiger partial charge in [-0.3, -0.25) is 19.1 Å². The second-order valence-corrected chi connectivity index (χ2v) is 8.60. The zero-order chi connectivity index (χ0) is 20.5. The standard InChI is InChI=1S/C21H19N3O3S2/c1-12(14-5-7-18-19(8-14)29-21(26)24(18)11-27-3)20-23-17(10-28-20)16-6-4-15(9-22-16)13(2)25/h4-10,12H,11H2,1-3H3. The Balaban J connectivity index is 1.62. The van der Waals surface area contributed by atoms with Gasteiger partial charge >= 0.3 is 4.87 Å². The molecule has 0 saturated heterocycles. The van der Waals surface area contributed by atoms with Crippen molar-refractivity contribution < 1.29 is 9.53 Å². The van der Waals surface area contributed by atoms with Crippen LogP contribution in [-0.2, 0) is 11.5 Å². The Kier molecular flexibility index (Phi) is 5.40. The molecule has 148 valence electrons. The third kappa shape index (κ3) is 3.78. The van der Waals surface area contributed by atoms with Crippen LogP contribution in [0.2, 0.25) is 0 Å². The van der Waals surface area contributed by atoms with Crippen LogP contribution in [0.4, 0.5) is 0 Å². The molecule has 0 radical (unpaired) electrons. The first-order chi connectivity index (χ1) is 14.0. The summed E-state index contributed by atoms with van der Waals surface area (Å²) in [5.41, 5.74) is 4.11. The quantitative estimate of drug-likeness (QED) is 0.424. The maximum absolute atomic E-state index is 12.2. The van der Waals surface area contributed by atoms with Crippen LogP contribution < -0.4 is 4.87 Å². The molecule has 1 aromatic carbocycles. The number of carbonyl (C=O) groups excluding carboxylic acids is 1. The summed E-state index contributed by atoms with van der Waals surface area (Å²) in [6, 6.07) is 9.65. The molecule has 0 aliphatic heterocycles. The van der Waals surface area contributed by atoms with Gasteiger partial charge in [-0.05, 0) is 36.8 Å². The van der Waals surface area contributed by atoms with Crippen molar-refractivity contribution in [3.8, 4) is 11.4 Å². The van der Waals surface area contributed by atoms with Crippen LogP contribution >= 0.6 is 22.7 Å². The first-order valence-corrected chi connectivity index (χ1v) is 10.7. The fourth-order valence-corrected chi connectivity index (χ4v) is 4.93. The fourth-order valence-electron chi connectivity index (χ4n) is 3.10. The van der Waals surface area contributed by atoms with Crippen LogP contribution in [0.5, 0.6) is 0 Å². The average molecular weight is 426 g/mol. The van der Waals surface area contributed by atoms with Crippen LogP contribution in [-0.4, -0.2) is 27.4 Å². The summed E-state index contributed by atoms with van der Waals surface area (Å²) in [6.45, 7) is 3.88. The molecule has 0 saturated carbocycles. The summed E-state index contributed by atoms with van der Waals surface area (Å²) in [6.07, 6.45) is 1.58. The Morgan fingerprint density at radius 1 is 1.24 bits per heavy atom. The predicted molar refractivity (Wildman–Crippen MR) is 116 cm³/mol. The molecular weight excluding hydrogens is 406 g/mol. The van der Waals surface area contributed by atoms with Crippen molar-refractivity contribution in [3.63, 3.8) is 0 Å². The third-order valence-electron chi connectivity index (χ3n) is 4.78. The van der Waals surface area contributed by atoms with E-state index in [1.165, 1.54) is 18.3 Å². The number of Topliss-reactive ketones (excluding diaryl/α,β-unsaturated/α-hetero) is 1. The van der Waals surface area contributed by atoms with Crippen molar-refractivity contribution in [2.75, 3.05) is 7.11 Å². The molecular formula is C21H19N3O3S2. The van der Waals surface area contributed by atoms with E-state index in [0.717, 1.165) is 32.2 Å². The molecule has 0 N–H and O–H groups in total. The lowest BCUT2D eigenvalue weighted by Gasteiger charge is -2.09. The second-order valence-electron chi connectivity index (χ2n) is 6.72. The first kappa shape index (κ1) is 19.6. The molecule has 0 spiro atoms. The number of methoxy groups -OCH3 is 1. The summed E-state index contributed by atoms with van der Waals surface area (Å²) in [4.78, 5) is 32.7. The van der Waals surface area contributed by atoms with Gasteiger partial charge < -0.3 is 4.74 Å². The van der Waals surface area contributed by atoms with Crippen molar-refractivity contribution in [3.05, 3.63) is 67.7 Å². The molecule has 4 rings (SSSR count). The number of aromatic nitrogens is 3. The summed E-state index contributed by atoms with van der Waals surface area (Å²) < 4.78 is 7.69. The third-order valence-corrected chi connectivity index (χ3v) is 6.74. The molecule has 1 atom stereocenters. The van der Waals surface area contributed by atoms with Gasteiger partial charge in [-0.15, -0.1) is 11.3 Å². The van der Waals surface area contributed by atoms with Crippen LogP contribution in [0.25, 0.3) is 21.6 Å². The highest BCUT2D eigenvalue weighted by molar-refractivity contribution is 7.16. The number of benzene rings is 1. The fraction of sp³-hybridized carbons (Fsp3) is 0.238. The van der Waals surface area contributed by atoms with Crippen molar-refractivity contribution in [2.24, 2.45) is 0 Å². The van der Waals surface area contributed by atoms with Gasteiger partial charge in [0.2, 0.25) is 0 Å². The molecule has 6 nitrogen and oxygen atoms in total. The Hall–Kier alpha value is -2.68. The van der Waals surface area contributed by atoms with Gasteiger partial charge in [0, 0.05) is 30.2 Å². The minimum atomic E-state index is -0.0247. The second kappa shape index (κ2) is 7.98. The molecule has 3 heterocycles. The summed E-state index contributed by atoms with van der Waals surface area (Å²) in [7, 11) is 1.58. The molecule has 0 fully saturated rings. The largest absolute Gasteiger partial charge is 0.364 e. The lowest BCUT2D eigenvalue weighted by Crippen LogP contribution is -2.13. The average Bonchev–Trinajstić information content (AvgIpc) is 3.32. The minimum Gasteiger partial charge on any atom is -0.364 e. The SMILES string of the molecule is COCn1c(=O)sc2cc(C(C)c3nc(-c4ccc(C(C)=O)cn4)cs3)ccc21. The molecule has 0 aliphatic rings. The van der Waals surface area contributed by atoms with Gasteiger partial charge in [0.05, 0.1) is 21.6 Å². The number of ketones is 1. The highest BCUT2D eigenvalue weighted by Crippen LogP contribution is 2.32. The van der Waals surface area contributed by atoms with Gasteiger partial charge in [-0.2, -0.15) is 0 Å². The molecule has 4 aromatic rings. The smallest absolute Gasteiger partial charge is 0.310 e. The number of nitrogens with zero attached hydrogens (tertiary/aromatic N) is 3. The van der Waals surface area contributed by atoms with Gasteiger partial charge in [-0.25, -0.2) is 4.98 Å². The highest BCUT2D eigenvalue weighted by Gasteiger charge is 2.16. The van der Waals surface area contributed by atoms with E-state index in [0.29, 0.717) is 5.56 Å². The Morgan fingerprint density at radius 2 is 2.07 bits per heavy atom. The summed E-state index contributed by atoms with van der Waals surface area (Å²) in [5.74, 6) is 0.0800. The van der Waals surface area contributed by atoms with E-state index in [4.69, 9.17) is 9.72 Å². The number of rotatable bonds is 6. The molecule has 8 heteroatoms. The van der Waals surface area contributed by atoms with Crippen LogP contribution in [0.3, 0.4) is 0 Å². The lowest BCUT2D eigenvalue weighted by molar-refractivity contribution is 0.101. The number of carbonyl (C=O) groups is 1. The maximum Gasteiger partial charge on any atom is 0.310 e. The van der Waals surface area contributed by atoms with Gasteiger partial charge in [0.1, 0.15) is 11.7 Å². The Labute approximate surface area is 175 Å². The zero-order valence-electron chi connectivity index (χ0n) is 16.2. The number of hydrogen-bond acceptors (Lipinski definition) is 7. The number of thiazole rings is 2. The number of fused-ring (bicyclic) bond motifs is 1. The van der Waals surface area contributed by atoms with Crippen molar-refractivity contribution in [1.82, 2.24) is 14.5 Å². The first-order valence-electron chi connectivity index (χ1n) is 9.03. The maximum atomic E-state index is 12.2. The molecule has 0 bridgehead atoms. The highest BCUT2D eigenvalue weighted by atomic mass is 32.1. The monoisotopic (exact) mass is 425 g/mol. The Bertz CT molecular complexity index is 1240. The van der Waals surface area contributed by atoms with E-state index in [2.05, 4.69) is 18.0 Å². The van der Waals surface area contributed by atoms with Gasteiger partial charge in [0.15, 0.2) is 5.78 Å². The molecule has 1 unspecified atom stereocenters. The zero-order valence-corrected chi connectivity index (χ0v) is 17.8. The predicted octanol–water partition coefficient (Wildman–Crippen LogP) is 4.54. The number of pyridine rings is 1. The van der Waals surface area contributed by atoms with Gasteiger partial charge in [-0.1, -0.05) is 24.3 Å². The van der Waals surface area contributed by atoms with E-state index >= 15 is 0 Å². The summed E-state index contributed by atoms with van der Waals surface area (Å²) >= 11 is 2.80.